The Bertz CT molecular complexity index is 847. The van der Waals surface area contributed by atoms with Crippen molar-refractivity contribution in [2.24, 2.45) is 5.10 Å². The van der Waals surface area contributed by atoms with Crippen molar-refractivity contribution in [3.05, 3.63) is 35.9 Å². The molecule has 1 aromatic carbocycles. The van der Waals surface area contributed by atoms with Crippen molar-refractivity contribution >= 4 is 29.3 Å². The molecule has 2 aliphatic heterocycles. The van der Waals surface area contributed by atoms with Gasteiger partial charge in [0.1, 0.15) is 0 Å². The lowest BCUT2D eigenvalue weighted by atomic mass is 10.1. The van der Waals surface area contributed by atoms with E-state index in [2.05, 4.69) is 31.7 Å². The Morgan fingerprint density at radius 1 is 1.14 bits per heavy atom. The number of ether oxygens (including phenoxy) is 1. The predicted octanol–water partition coefficient (Wildman–Crippen LogP) is 1.86. The van der Waals surface area contributed by atoms with Crippen LogP contribution in [0.5, 0.6) is 0 Å². The molecule has 8 nitrogen and oxygen atoms in total. The van der Waals surface area contributed by atoms with Crippen LogP contribution in [0.3, 0.4) is 0 Å². The molecule has 148 valence electrons. The summed E-state index contributed by atoms with van der Waals surface area (Å²) >= 11 is 1.42. The fourth-order valence-corrected chi connectivity index (χ4v) is 4.20. The molecule has 2 aliphatic rings. The molecule has 4 rings (SSSR count). The van der Waals surface area contributed by atoms with Crippen molar-refractivity contribution in [3.63, 3.8) is 0 Å². The number of hydrazone groups is 1. The summed E-state index contributed by atoms with van der Waals surface area (Å²) in [4.78, 5) is 14.8. The summed E-state index contributed by atoms with van der Waals surface area (Å²) in [5, 5.41) is 15.5. The maximum atomic E-state index is 12.6. The van der Waals surface area contributed by atoms with Crippen molar-refractivity contribution in [2.45, 2.75) is 25.0 Å². The number of aromatic nitrogens is 3. The molecule has 2 aromatic rings. The molecule has 1 fully saturated rings. The minimum Gasteiger partial charge on any atom is -0.378 e. The summed E-state index contributed by atoms with van der Waals surface area (Å²) < 4.78 is 7.47. The Labute approximate surface area is 168 Å². The van der Waals surface area contributed by atoms with Crippen LogP contribution in [0, 0.1) is 0 Å². The quantitative estimate of drug-likeness (QED) is 0.689. The molecular weight excluding hydrogens is 376 g/mol. The van der Waals surface area contributed by atoms with E-state index < -0.39 is 0 Å². The summed E-state index contributed by atoms with van der Waals surface area (Å²) in [5.41, 5.74) is 2.04. The van der Waals surface area contributed by atoms with Crippen molar-refractivity contribution in [1.29, 1.82) is 0 Å². The highest BCUT2D eigenvalue weighted by molar-refractivity contribution is 7.99. The molecule has 0 radical (unpaired) electrons. The van der Waals surface area contributed by atoms with E-state index in [1.807, 2.05) is 30.3 Å². The van der Waals surface area contributed by atoms with Gasteiger partial charge in [0, 0.05) is 26.1 Å². The highest BCUT2D eigenvalue weighted by atomic mass is 32.2. The van der Waals surface area contributed by atoms with Gasteiger partial charge in [-0.3, -0.25) is 9.36 Å². The minimum atomic E-state index is -0.00509. The van der Waals surface area contributed by atoms with Gasteiger partial charge in [-0.05, 0) is 12.5 Å². The predicted molar refractivity (Wildman–Crippen MR) is 109 cm³/mol. The average Bonchev–Trinajstić information content (AvgIpc) is 3.40. The molecule has 0 unspecified atom stereocenters. The van der Waals surface area contributed by atoms with Gasteiger partial charge >= 0.3 is 0 Å². The summed E-state index contributed by atoms with van der Waals surface area (Å²) in [7, 11) is 0. The van der Waals surface area contributed by atoms with Crippen LogP contribution in [0.25, 0.3) is 0 Å². The second kappa shape index (κ2) is 8.74. The molecule has 0 spiro atoms. The largest absolute Gasteiger partial charge is 0.378 e. The maximum Gasteiger partial charge on any atom is 0.253 e. The summed E-state index contributed by atoms with van der Waals surface area (Å²) in [5.74, 6) is 1.15. The van der Waals surface area contributed by atoms with E-state index in [0.717, 1.165) is 48.4 Å². The van der Waals surface area contributed by atoms with E-state index in [1.54, 1.807) is 5.01 Å². The first-order valence-electron chi connectivity index (χ1n) is 9.58. The summed E-state index contributed by atoms with van der Waals surface area (Å²) in [6.07, 6.45) is 0.784. The van der Waals surface area contributed by atoms with Crippen LogP contribution >= 0.6 is 11.8 Å². The lowest BCUT2D eigenvalue weighted by Crippen LogP contribution is -2.38. The number of hydrogen-bond acceptors (Lipinski definition) is 7. The van der Waals surface area contributed by atoms with Crippen LogP contribution < -0.4 is 4.90 Å². The number of nitrogens with zero attached hydrogens (tertiary/aromatic N) is 6. The van der Waals surface area contributed by atoms with Crippen LogP contribution in [-0.2, 0) is 16.1 Å². The van der Waals surface area contributed by atoms with Crippen LogP contribution in [0.4, 0.5) is 5.95 Å². The molecule has 0 bridgehead atoms. The fourth-order valence-electron chi connectivity index (χ4n) is 3.33. The Morgan fingerprint density at radius 3 is 2.68 bits per heavy atom. The third-order valence-corrected chi connectivity index (χ3v) is 5.78. The van der Waals surface area contributed by atoms with Crippen LogP contribution in [0.2, 0.25) is 0 Å². The van der Waals surface area contributed by atoms with Gasteiger partial charge in [-0.2, -0.15) is 5.10 Å². The molecule has 1 aromatic heterocycles. The third kappa shape index (κ3) is 4.05. The number of carbonyl (C=O) groups excluding carboxylic acids is 1. The molecule has 0 aliphatic carbocycles. The molecule has 28 heavy (non-hydrogen) atoms. The third-order valence-electron chi connectivity index (χ3n) is 4.83. The van der Waals surface area contributed by atoms with Gasteiger partial charge in [-0.1, -0.05) is 42.1 Å². The van der Waals surface area contributed by atoms with E-state index in [9.17, 15) is 4.79 Å². The Morgan fingerprint density at radius 2 is 1.93 bits per heavy atom. The van der Waals surface area contributed by atoms with Crippen LogP contribution in [0.1, 0.15) is 18.9 Å². The molecule has 0 N–H and O–H groups in total. The highest BCUT2D eigenvalue weighted by Crippen LogP contribution is 2.23. The SMILES string of the molecule is CCn1c(SCC(=O)N2CCC(c3ccccc3)=N2)nnc1N1CCOCC1. The number of morpholine rings is 1. The number of thioether (sulfide) groups is 1. The topological polar surface area (TPSA) is 75.9 Å². The van der Waals surface area contributed by atoms with Crippen molar-refractivity contribution in [1.82, 2.24) is 19.8 Å². The van der Waals surface area contributed by atoms with Crippen molar-refractivity contribution in [2.75, 3.05) is 43.5 Å². The molecule has 0 atom stereocenters. The minimum absolute atomic E-state index is 0.00509. The number of benzene rings is 1. The number of carbonyl (C=O) groups is 1. The first kappa shape index (κ1) is 18.9. The van der Waals surface area contributed by atoms with E-state index >= 15 is 0 Å². The van der Waals surface area contributed by atoms with Gasteiger partial charge in [-0.25, -0.2) is 5.01 Å². The first-order chi connectivity index (χ1) is 13.8. The lowest BCUT2D eigenvalue weighted by molar-refractivity contribution is -0.127. The van der Waals surface area contributed by atoms with Crippen LogP contribution in [-0.4, -0.2) is 70.0 Å². The Hall–Kier alpha value is -2.39. The molecule has 1 amide bonds. The normalized spacial score (nSPS) is 17.1. The van der Waals surface area contributed by atoms with Crippen molar-refractivity contribution in [3.8, 4) is 0 Å². The number of hydrogen-bond donors (Lipinski definition) is 0. The van der Waals surface area contributed by atoms with Gasteiger partial charge in [0.15, 0.2) is 5.16 Å². The van der Waals surface area contributed by atoms with Gasteiger partial charge in [-0.15, -0.1) is 10.2 Å². The molecule has 0 saturated carbocycles. The maximum absolute atomic E-state index is 12.6. The smallest absolute Gasteiger partial charge is 0.253 e. The van der Waals surface area contributed by atoms with Gasteiger partial charge in [0.2, 0.25) is 5.95 Å². The van der Waals surface area contributed by atoms with Gasteiger partial charge < -0.3 is 9.64 Å². The fraction of sp³-hybridized carbons (Fsp3) is 0.474. The molecule has 3 heterocycles. The average molecular weight is 401 g/mol. The summed E-state index contributed by atoms with van der Waals surface area (Å²) in [6, 6.07) is 10.0. The van der Waals surface area contributed by atoms with E-state index in [0.29, 0.717) is 25.5 Å². The zero-order valence-corrected chi connectivity index (χ0v) is 16.8. The van der Waals surface area contributed by atoms with Gasteiger partial charge in [0.25, 0.3) is 5.91 Å². The zero-order chi connectivity index (χ0) is 19.3. The Balaban J connectivity index is 1.39. The van der Waals surface area contributed by atoms with Crippen molar-refractivity contribution < 1.29 is 9.53 Å². The highest BCUT2D eigenvalue weighted by Gasteiger charge is 2.24. The molecular formula is C19H24N6O2S. The number of rotatable bonds is 6. The Kier molecular flexibility index (Phi) is 5.92. The van der Waals surface area contributed by atoms with Gasteiger partial charge in [0.05, 0.1) is 31.2 Å². The zero-order valence-electron chi connectivity index (χ0n) is 16.0. The van der Waals surface area contributed by atoms with E-state index in [-0.39, 0.29) is 5.91 Å². The molecule has 1 saturated heterocycles. The lowest BCUT2D eigenvalue weighted by Gasteiger charge is -2.27. The van der Waals surface area contributed by atoms with E-state index in [4.69, 9.17) is 4.74 Å². The monoisotopic (exact) mass is 400 g/mol. The summed E-state index contributed by atoms with van der Waals surface area (Å²) in [6.45, 7) is 6.48. The number of anilines is 1. The first-order valence-corrected chi connectivity index (χ1v) is 10.6. The molecule has 9 heteroatoms. The second-order valence-electron chi connectivity index (χ2n) is 6.59. The van der Waals surface area contributed by atoms with E-state index in [1.165, 1.54) is 11.8 Å². The van der Waals surface area contributed by atoms with Crippen LogP contribution in [0.15, 0.2) is 40.6 Å². The second-order valence-corrected chi connectivity index (χ2v) is 7.54. The standard InChI is InChI=1S/C19H24N6O2S/c1-2-24-18(23-10-12-27-13-11-23)20-21-19(24)28-14-17(26)25-9-8-16(22-25)15-6-4-3-5-7-15/h3-7H,2,8-14H2,1H3. The number of amides is 1.